The van der Waals surface area contributed by atoms with E-state index in [1.165, 1.54) is 0 Å². The largest absolute Gasteiger partial charge is 0.468 e. The van der Waals surface area contributed by atoms with Crippen molar-refractivity contribution in [3.05, 3.63) is 20.1 Å². The number of fused-ring (bicyclic) bond motifs is 1. The Balaban J connectivity index is 2.80. The molecule has 112 valence electrons. The molecule has 0 N–H and O–H groups in total. The van der Waals surface area contributed by atoms with E-state index in [0.717, 1.165) is 14.2 Å². The van der Waals surface area contributed by atoms with Gasteiger partial charge in [0.1, 0.15) is 5.71 Å². The molecule has 0 saturated heterocycles. The molecule has 0 saturated carbocycles. The Kier molecular flexibility index (Phi) is 4.35. The van der Waals surface area contributed by atoms with Crippen molar-refractivity contribution in [3.63, 3.8) is 0 Å². The first-order valence-corrected chi connectivity index (χ1v) is 6.80. The molecule has 2 aliphatic rings. The molecule has 1 heterocycles. The lowest BCUT2D eigenvalue weighted by Crippen LogP contribution is -2.50. The van der Waals surface area contributed by atoms with E-state index >= 15 is 0 Å². The van der Waals surface area contributed by atoms with Crippen LogP contribution < -0.4 is 0 Å². The van der Waals surface area contributed by atoms with E-state index in [1.54, 1.807) is 0 Å². The summed E-state index contributed by atoms with van der Waals surface area (Å²) in [5.41, 5.74) is -2.52. The standard InChI is InChI=1S/C11H6Cl4N2O4/c1-20-9(18)8-11(10(19)21-2)6(15)4(13)3(12)5(14)7(11)16-17-8/h1-2H3. The minimum absolute atomic E-state index is 0.108. The Labute approximate surface area is 139 Å². The van der Waals surface area contributed by atoms with Gasteiger partial charge in [-0.05, 0) is 0 Å². The Hall–Kier alpha value is -1.08. The third-order valence-electron chi connectivity index (χ3n) is 2.95. The molecule has 0 spiro atoms. The number of allylic oxidation sites excluding steroid dienone is 3. The van der Waals surface area contributed by atoms with Crippen LogP contribution in [0, 0.1) is 5.41 Å². The van der Waals surface area contributed by atoms with Gasteiger partial charge in [0.2, 0.25) is 5.41 Å². The van der Waals surface area contributed by atoms with Crippen LogP contribution in [0.25, 0.3) is 0 Å². The van der Waals surface area contributed by atoms with E-state index in [1.807, 2.05) is 0 Å². The minimum atomic E-state index is -1.98. The summed E-state index contributed by atoms with van der Waals surface area (Å²) in [5.74, 6) is -1.86. The summed E-state index contributed by atoms with van der Waals surface area (Å²) in [5, 5.41) is 6.60. The second-order valence-corrected chi connectivity index (χ2v) is 5.40. The molecular formula is C11H6Cl4N2O4. The molecule has 0 radical (unpaired) electrons. The van der Waals surface area contributed by atoms with Gasteiger partial charge in [-0.25, -0.2) is 4.79 Å². The third kappa shape index (κ3) is 2.01. The van der Waals surface area contributed by atoms with Gasteiger partial charge in [0.05, 0.1) is 34.3 Å². The van der Waals surface area contributed by atoms with Gasteiger partial charge in [0, 0.05) is 0 Å². The molecule has 21 heavy (non-hydrogen) atoms. The molecule has 1 atom stereocenters. The molecule has 2 rings (SSSR count). The Morgan fingerprint density at radius 1 is 0.952 bits per heavy atom. The zero-order chi connectivity index (χ0) is 15.9. The maximum atomic E-state index is 12.3. The van der Waals surface area contributed by atoms with Crippen molar-refractivity contribution in [3.8, 4) is 0 Å². The van der Waals surface area contributed by atoms with Crippen molar-refractivity contribution in [2.45, 2.75) is 0 Å². The van der Waals surface area contributed by atoms with E-state index in [4.69, 9.17) is 51.1 Å². The molecule has 0 amide bonds. The molecule has 1 unspecified atom stereocenters. The first-order chi connectivity index (χ1) is 9.83. The van der Waals surface area contributed by atoms with E-state index in [9.17, 15) is 9.59 Å². The molecule has 6 nitrogen and oxygen atoms in total. The van der Waals surface area contributed by atoms with Gasteiger partial charge in [0.25, 0.3) is 0 Å². The third-order valence-corrected chi connectivity index (χ3v) is 4.83. The molecular weight excluding hydrogens is 366 g/mol. The second-order valence-electron chi connectivity index (χ2n) is 3.89. The van der Waals surface area contributed by atoms with Crippen molar-refractivity contribution in [2.75, 3.05) is 14.2 Å². The highest BCUT2D eigenvalue weighted by Gasteiger charge is 2.62. The van der Waals surface area contributed by atoms with Crippen molar-refractivity contribution < 1.29 is 19.1 Å². The summed E-state index contributed by atoms with van der Waals surface area (Å²) in [7, 11) is 2.22. The average Bonchev–Trinajstić information content (AvgIpc) is 2.90. The summed E-state index contributed by atoms with van der Waals surface area (Å²) >= 11 is 24.1. The van der Waals surface area contributed by atoms with E-state index in [-0.39, 0.29) is 25.8 Å². The van der Waals surface area contributed by atoms with Crippen LogP contribution in [-0.2, 0) is 19.1 Å². The van der Waals surface area contributed by atoms with Crippen LogP contribution in [0.3, 0.4) is 0 Å². The fourth-order valence-corrected chi connectivity index (χ4v) is 3.11. The van der Waals surface area contributed by atoms with Gasteiger partial charge in [0.15, 0.2) is 5.71 Å². The smallest absolute Gasteiger partial charge is 0.356 e. The highest BCUT2D eigenvalue weighted by molar-refractivity contribution is 6.66. The minimum Gasteiger partial charge on any atom is -0.468 e. The first-order valence-electron chi connectivity index (χ1n) is 5.29. The Morgan fingerprint density at radius 2 is 1.57 bits per heavy atom. The average molecular weight is 372 g/mol. The van der Waals surface area contributed by atoms with Crippen LogP contribution in [-0.4, -0.2) is 37.6 Å². The maximum absolute atomic E-state index is 12.3. The van der Waals surface area contributed by atoms with Crippen molar-refractivity contribution in [1.29, 1.82) is 0 Å². The van der Waals surface area contributed by atoms with Gasteiger partial charge < -0.3 is 9.47 Å². The van der Waals surface area contributed by atoms with Crippen LogP contribution in [0.5, 0.6) is 0 Å². The van der Waals surface area contributed by atoms with Crippen LogP contribution in [0.1, 0.15) is 0 Å². The summed E-state index contributed by atoms with van der Waals surface area (Å²) in [6.45, 7) is 0. The molecule has 0 bridgehead atoms. The lowest BCUT2D eigenvalue weighted by molar-refractivity contribution is -0.145. The zero-order valence-corrected chi connectivity index (χ0v) is 13.6. The lowest BCUT2D eigenvalue weighted by Gasteiger charge is -2.31. The molecule has 0 fully saturated rings. The molecule has 10 heteroatoms. The number of carbonyl (C=O) groups is 2. The summed E-state index contributed by atoms with van der Waals surface area (Å²) < 4.78 is 9.29. The molecule has 0 aromatic heterocycles. The van der Waals surface area contributed by atoms with E-state index in [2.05, 4.69) is 14.9 Å². The maximum Gasteiger partial charge on any atom is 0.356 e. The van der Waals surface area contributed by atoms with E-state index < -0.39 is 23.1 Å². The fraction of sp³-hybridized carbons (Fsp3) is 0.273. The summed E-state index contributed by atoms with van der Waals surface area (Å²) in [6, 6.07) is 0. The predicted octanol–water partition coefficient (Wildman–Crippen LogP) is 2.52. The van der Waals surface area contributed by atoms with Crippen LogP contribution in [0.4, 0.5) is 0 Å². The van der Waals surface area contributed by atoms with Gasteiger partial charge in [-0.3, -0.25) is 4.79 Å². The highest BCUT2D eigenvalue weighted by atomic mass is 35.5. The monoisotopic (exact) mass is 370 g/mol. The van der Waals surface area contributed by atoms with Crippen LogP contribution in [0.2, 0.25) is 0 Å². The van der Waals surface area contributed by atoms with Gasteiger partial charge in [-0.2, -0.15) is 5.10 Å². The lowest BCUT2D eigenvalue weighted by atomic mass is 9.75. The number of methoxy groups -OCH3 is 2. The molecule has 1 aliphatic carbocycles. The zero-order valence-electron chi connectivity index (χ0n) is 10.5. The van der Waals surface area contributed by atoms with Crippen LogP contribution in [0.15, 0.2) is 30.3 Å². The normalized spacial score (nSPS) is 24.5. The number of halogens is 4. The van der Waals surface area contributed by atoms with Gasteiger partial charge in [-0.1, -0.05) is 46.4 Å². The highest BCUT2D eigenvalue weighted by Crippen LogP contribution is 2.51. The number of nitrogens with zero attached hydrogens (tertiary/aromatic N) is 2. The van der Waals surface area contributed by atoms with Gasteiger partial charge in [-0.15, -0.1) is 5.10 Å². The number of hydrogen-bond acceptors (Lipinski definition) is 6. The predicted molar refractivity (Wildman–Crippen MR) is 78.8 cm³/mol. The van der Waals surface area contributed by atoms with Crippen molar-refractivity contribution >= 4 is 69.8 Å². The summed E-state index contributed by atoms with van der Waals surface area (Å²) in [6.07, 6.45) is 0. The molecule has 0 aromatic carbocycles. The van der Waals surface area contributed by atoms with Crippen LogP contribution >= 0.6 is 46.4 Å². The quantitative estimate of drug-likeness (QED) is 0.699. The van der Waals surface area contributed by atoms with Gasteiger partial charge >= 0.3 is 11.9 Å². The van der Waals surface area contributed by atoms with E-state index in [0.29, 0.717) is 0 Å². The number of carbonyl (C=O) groups excluding carboxylic acids is 2. The summed E-state index contributed by atoms with van der Waals surface area (Å²) in [4.78, 5) is 24.2. The molecule has 0 aromatic rings. The SMILES string of the molecule is COC(=O)C1=NN=C2C(Cl)=C(Cl)C(Cl)=C(Cl)C12C(=O)OC. The first kappa shape index (κ1) is 16.3. The second kappa shape index (κ2) is 5.61. The number of rotatable bonds is 2. The van der Waals surface area contributed by atoms with Crippen molar-refractivity contribution in [1.82, 2.24) is 0 Å². The topological polar surface area (TPSA) is 77.3 Å². The Morgan fingerprint density at radius 3 is 2.10 bits per heavy atom. The number of hydrogen-bond donors (Lipinski definition) is 0. The van der Waals surface area contributed by atoms with Crippen molar-refractivity contribution in [2.24, 2.45) is 15.6 Å². The Bertz CT molecular complexity index is 680. The fourth-order valence-electron chi connectivity index (χ4n) is 1.97. The molecule has 1 aliphatic heterocycles. The number of ether oxygens (including phenoxy) is 2. The number of esters is 2.